The predicted molar refractivity (Wildman–Crippen MR) is 127 cm³/mol. The van der Waals surface area contributed by atoms with E-state index >= 15 is 0 Å². The van der Waals surface area contributed by atoms with E-state index in [1.807, 2.05) is 48.5 Å². The maximum absolute atomic E-state index is 14.3. The minimum Gasteiger partial charge on any atom is -0.480 e. The number of hydrogen-bond donors (Lipinski definition) is 3. The molecule has 0 radical (unpaired) electrons. The molecular formula is C27H23FN2O5. The number of rotatable bonds is 7. The van der Waals surface area contributed by atoms with Crippen LogP contribution in [-0.2, 0) is 9.53 Å². The molecule has 8 heteroatoms. The van der Waals surface area contributed by atoms with Crippen LogP contribution in [0.5, 0.6) is 0 Å². The Hall–Kier alpha value is -4.20. The second-order valence-electron chi connectivity index (χ2n) is 8.77. The zero-order valence-corrected chi connectivity index (χ0v) is 18.7. The number of fused-ring (bicyclic) bond motifs is 3. The third-order valence-electron chi connectivity index (χ3n) is 6.45. The Morgan fingerprint density at radius 3 is 2.20 bits per heavy atom. The minimum atomic E-state index is -1.16. The van der Waals surface area contributed by atoms with Crippen molar-refractivity contribution in [3.05, 3.63) is 89.2 Å². The van der Waals surface area contributed by atoms with Gasteiger partial charge in [-0.1, -0.05) is 48.5 Å². The number of carboxylic acid groups (broad SMARTS) is 1. The van der Waals surface area contributed by atoms with E-state index in [2.05, 4.69) is 10.6 Å². The molecule has 0 aromatic heterocycles. The van der Waals surface area contributed by atoms with E-state index < -0.39 is 29.8 Å². The number of hydrogen-bond acceptors (Lipinski definition) is 4. The highest BCUT2D eigenvalue weighted by Gasteiger charge is 2.37. The van der Waals surface area contributed by atoms with Crippen molar-refractivity contribution in [3.63, 3.8) is 0 Å². The smallest absolute Gasteiger partial charge is 0.411 e. The predicted octanol–water partition coefficient (Wildman–Crippen LogP) is 4.78. The zero-order chi connectivity index (χ0) is 24.5. The summed E-state index contributed by atoms with van der Waals surface area (Å²) in [5, 5.41) is 14.2. The van der Waals surface area contributed by atoms with Crippen LogP contribution in [-0.4, -0.2) is 35.7 Å². The van der Waals surface area contributed by atoms with Crippen LogP contribution in [0.15, 0.2) is 66.7 Å². The van der Waals surface area contributed by atoms with Gasteiger partial charge in [0.2, 0.25) is 0 Å². The van der Waals surface area contributed by atoms with Crippen LogP contribution in [0.3, 0.4) is 0 Å². The monoisotopic (exact) mass is 474 g/mol. The lowest BCUT2D eigenvalue weighted by atomic mass is 9.98. The highest BCUT2D eigenvalue weighted by molar-refractivity contribution is 5.98. The van der Waals surface area contributed by atoms with Crippen molar-refractivity contribution in [2.24, 2.45) is 5.92 Å². The molecule has 2 amide bonds. The van der Waals surface area contributed by atoms with E-state index in [4.69, 9.17) is 4.74 Å². The molecule has 1 unspecified atom stereocenters. The van der Waals surface area contributed by atoms with Gasteiger partial charge < -0.3 is 15.2 Å². The summed E-state index contributed by atoms with van der Waals surface area (Å²) in [6.07, 6.45) is 0.651. The van der Waals surface area contributed by atoms with Crippen molar-refractivity contribution in [2.75, 3.05) is 11.9 Å². The van der Waals surface area contributed by atoms with E-state index in [9.17, 15) is 23.9 Å². The third kappa shape index (κ3) is 4.59. The van der Waals surface area contributed by atoms with E-state index in [1.165, 1.54) is 6.07 Å². The van der Waals surface area contributed by atoms with Gasteiger partial charge in [0.1, 0.15) is 18.5 Å². The molecule has 5 rings (SSSR count). The SMILES string of the molecule is O=C(Nc1ccc(F)c(C(=O)NC(C(=O)O)C2CC2)c1)OCC1c2ccccc2-c2ccccc21. The molecule has 7 nitrogen and oxygen atoms in total. The van der Waals surface area contributed by atoms with Crippen molar-refractivity contribution < 1.29 is 28.6 Å². The largest absolute Gasteiger partial charge is 0.480 e. The summed E-state index contributed by atoms with van der Waals surface area (Å²) in [5.74, 6) is -3.09. The molecule has 0 spiro atoms. The molecule has 2 aliphatic carbocycles. The molecule has 3 aromatic rings. The number of nitrogens with one attached hydrogen (secondary N) is 2. The normalized spacial score (nSPS) is 15.0. The van der Waals surface area contributed by atoms with E-state index in [-0.39, 0.29) is 29.7 Å². The van der Waals surface area contributed by atoms with Gasteiger partial charge in [-0.2, -0.15) is 0 Å². The number of amides is 2. The molecular weight excluding hydrogens is 451 g/mol. The minimum absolute atomic E-state index is 0.107. The fourth-order valence-corrected chi connectivity index (χ4v) is 4.56. The lowest BCUT2D eigenvalue weighted by Crippen LogP contribution is -2.42. The summed E-state index contributed by atoms with van der Waals surface area (Å²) >= 11 is 0. The van der Waals surface area contributed by atoms with Crippen molar-refractivity contribution in [1.82, 2.24) is 5.32 Å². The molecule has 0 aliphatic heterocycles. The average molecular weight is 474 g/mol. The molecule has 1 fully saturated rings. The van der Waals surface area contributed by atoms with Gasteiger partial charge in [0, 0.05) is 11.6 Å². The van der Waals surface area contributed by atoms with Gasteiger partial charge in [-0.05, 0) is 59.2 Å². The molecule has 0 saturated heterocycles. The van der Waals surface area contributed by atoms with Crippen LogP contribution >= 0.6 is 0 Å². The maximum atomic E-state index is 14.3. The van der Waals surface area contributed by atoms with Crippen LogP contribution in [0.1, 0.15) is 40.2 Å². The van der Waals surface area contributed by atoms with Crippen molar-refractivity contribution in [1.29, 1.82) is 0 Å². The van der Waals surface area contributed by atoms with Gasteiger partial charge in [-0.15, -0.1) is 0 Å². The Bertz CT molecular complexity index is 1270. The highest BCUT2D eigenvalue weighted by atomic mass is 19.1. The number of aliphatic carboxylic acids is 1. The van der Waals surface area contributed by atoms with E-state index in [0.717, 1.165) is 34.4 Å². The van der Waals surface area contributed by atoms with Crippen LogP contribution in [0, 0.1) is 11.7 Å². The molecule has 2 aliphatic rings. The fourth-order valence-electron chi connectivity index (χ4n) is 4.56. The number of carboxylic acids is 1. The Balaban J connectivity index is 1.25. The molecule has 0 bridgehead atoms. The Kier molecular flexibility index (Phi) is 5.94. The number of halogens is 1. The number of anilines is 1. The summed E-state index contributed by atoms with van der Waals surface area (Å²) in [6.45, 7) is 0.107. The van der Waals surface area contributed by atoms with E-state index in [1.54, 1.807) is 0 Å². The van der Waals surface area contributed by atoms with E-state index in [0.29, 0.717) is 12.8 Å². The van der Waals surface area contributed by atoms with Gasteiger partial charge in [0.15, 0.2) is 0 Å². The molecule has 3 N–H and O–H groups in total. The van der Waals surface area contributed by atoms with Gasteiger partial charge in [0.05, 0.1) is 5.56 Å². The average Bonchev–Trinajstić information content (AvgIpc) is 3.64. The number of carbonyl (C=O) groups is 3. The van der Waals surface area contributed by atoms with Crippen LogP contribution in [0.2, 0.25) is 0 Å². The Morgan fingerprint density at radius 1 is 0.971 bits per heavy atom. The second kappa shape index (κ2) is 9.21. The first-order chi connectivity index (χ1) is 16.9. The number of ether oxygens (including phenoxy) is 1. The highest BCUT2D eigenvalue weighted by Crippen LogP contribution is 2.44. The number of carbonyl (C=O) groups excluding carboxylic acids is 2. The Morgan fingerprint density at radius 2 is 1.60 bits per heavy atom. The topological polar surface area (TPSA) is 105 Å². The van der Waals surface area contributed by atoms with Crippen LogP contribution in [0.4, 0.5) is 14.9 Å². The maximum Gasteiger partial charge on any atom is 0.411 e. The molecule has 1 saturated carbocycles. The van der Waals surface area contributed by atoms with Crippen molar-refractivity contribution in [3.8, 4) is 11.1 Å². The molecule has 1 atom stereocenters. The summed E-state index contributed by atoms with van der Waals surface area (Å²) in [4.78, 5) is 36.4. The van der Waals surface area contributed by atoms with Crippen LogP contribution in [0.25, 0.3) is 11.1 Å². The second-order valence-corrected chi connectivity index (χ2v) is 8.77. The lowest BCUT2D eigenvalue weighted by Gasteiger charge is -2.16. The first-order valence-corrected chi connectivity index (χ1v) is 11.4. The van der Waals surface area contributed by atoms with Gasteiger partial charge in [0.25, 0.3) is 5.91 Å². The first kappa shape index (κ1) is 22.6. The molecule has 35 heavy (non-hydrogen) atoms. The summed E-state index contributed by atoms with van der Waals surface area (Å²) < 4.78 is 19.8. The molecule has 3 aromatic carbocycles. The van der Waals surface area contributed by atoms with Gasteiger partial charge in [-0.3, -0.25) is 10.1 Å². The molecule has 0 heterocycles. The zero-order valence-electron chi connectivity index (χ0n) is 18.7. The van der Waals surface area contributed by atoms with Crippen molar-refractivity contribution in [2.45, 2.75) is 24.8 Å². The Labute approximate surface area is 200 Å². The number of benzene rings is 3. The summed E-state index contributed by atoms with van der Waals surface area (Å²) in [5.41, 5.74) is 4.17. The molecule has 178 valence electrons. The lowest BCUT2D eigenvalue weighted by molar-refractivity contribution is -0.139. The van der Waals surface area contributed by atoms with Gasteiger partial charge >= 0.3 is 12.1 Å². The standard InChI is InChI=1S/C27H23FN2O5/c28-23-12-11-16(13-21(23)25(31)30-24(26(32)33)15-9-10-15)29-27(34)35-14-22-19-7-3-1-5-17(19)18-6-2-4-8-20(18)22/h1-8,11-13,15,22,24H,9-10,14H2,(H,29,34)(H,30,31)(H,32,33). The van der Waals surface area contributed by atoms with Gasteiger partial charge in [-0.25, -0.2) is 14.0 Å². The quantitative estimate of drug-likeness (QED) is 0.457. The summed E-state index contributed by atoms with van der Waals surface area (Å²) in [7, 11) is 0. The third-order valence-corrected chi connectivity index (χ3v) is 6.45. The van der Waals surface area contributed by atoms with Crippen molar-refractivity contribution >= 4 is 23.7 Å². The van der Waals surface area contributed by atoms with Crippen LogP contribution < -0.4 is 10.6 Å². The summed E-state index contributed by atoms with van der Waals surface area (Å²) in [6, 6.07) is 18.4. The first-order valence-electron chi connectivity index (χ1n) is 11.4. The fraction of sp³-hybridized carbons (Fsp3) is 0.222.